The number of methoxy groups -OCH3 is 1. The molecule has 2 aromatic carbocycles. The average Bonchev–Trinajstić information content (AvgIpc) is 3.23. The summed E-state index contributed by atoms with van der Waals surface area (Å²) >= 11 is 0. The van der Waals surface area contributed by atoms with Crippen molar-refractivity contribution in [3.05, 3.63) is 83.7 Å². The number of pyridine rings is 1. The lowest BCUT2D eigenvalue weighted by molar-refractivity contribution is -0.121. The Labute approximate surface area is 206 Å². The Morgan fingerprint density at radius 3 is 2.31 bits per heavy atom. The second-order valence-corrected chi connectivity index (χ2v) is 8.75. The molecule has 0 radical (unpaired) electrons. The zero-order valence-electron chi connectivity index (χ0n) is 20.5. The Morgan fingerprint density at radius 1 is 0.943 bits per heavy atom. The number of carbonyl (C=O) groups excluding carboxylic acids is 2. The molecule has 6 heteroatoms. The number of amides is 1. The maximum atomic E-state index is 12.5. The maximum Gasteiger partial charge on any atom is 0.220 e. The molecular weight excluding hydrogens is 438 g/mol. The number of hydrogen-bond donors (Lipinski definition) is 1. The molecule has 0 spiro atoms. The van der Waals surface area contributed by atoms with Crippen LogP contribution in [0.3, 0.4) is 0 Å². The smallest absolute Gasteiger partial charge is 0.220 e. The van der Waals surface area contributed by atoms with Gasteiger partial charge in [0.05, 0.1) is 11.4 Å². The van der Waals surface area contributed by atoms with Crippen LogP contribution in [-0.4, -0.2) is 41.3 Å². The molecule has 4 aromatic rings. The van der Waals surface area contributed by atoms with Gasteiger partial charge in [0.1, 0.15) is 5.65 Å². The highest BCUT2D eigenvalue weighted by Crippen LogP contribution is 2.28. The largest absolute Gasteiger partial charge is 0.385 e. The topological polar surface area (TPSA) is 72.7 Å². The van der Waals surface area contributed by atoms with Crippen molar-refractivity contribution in [3.63, 3.8) is 0 Å². The molecule has 0 aliphatic heterocycles. The van der Waals surface area contributed by atoms with Gasteiger partial charge in [-0.2, -0.15) is 0 Å². The van der Waals surface area contributed by atoms with Crippen molar-refractivity contribution >= 4 is 17.3 Å². The summed E-state index contributed by atoms with van der Waals surface area (Å²) in [6.45, 7) is 4.86. The Balaban J connectivity index is 1.67. The molecule has 180 valence electrons. The van der Waals surface area contributed by atoms with E-state index < -0.39 is 0 Å². The number of aromatic nitrogens is 2. The average molecular weight is 470 g/mol. The molecule has 4 rings (SSSR count). The summed E-state index contributed by atoms with van der Waals surface area (Å²) < 4.78 is 7.13. The van der Waals surface area contributed by atoms with Gasteiger partial charge in [0, 0.05) is 44.0 Å². The second kappa shape index (κ2) is 11.1. The number of nitrogens with one attached hydrogen (secondary N) is 1. The SMILES string of the molecule is COCCCNC(=O)CCc1c(-c2ccc(C)cc2)nc2ccc(-c3ccc(C(C)=O)cc3)cn12. The molecule has 6 nitrogen and oxygen atoms in total. The molecule has 0 saturated heterocycles. The van der Waals surface area contributed by atoms with Crippen molar-refractivity contribution in [1.29, 1.82) is 0 Å². The van der Waals surface area contributed by atoms with E-state index in [1.165, 1.54) is 5.56 Å². The van der Waals surface area contributed by atoms with Gasteiger partial charge in [-0.15, -0.1) is 0 Å². The third-order valence-corrected chi connectivity index (χ3v) is 6.10. The molecule has 0 fully saturated rings. The van der Waals surface area contributed by atoms with E-state index >= 15 is 0 Å². The van der Waals surface area contributed by atoms with Crippen molar-refractivity contribution in [2.24, 2.45) is 0 Å². The number of fused-ring (bicyclic) bond motifs is 1. The van der Waals surface area contributed by atoms with Crippen LogP contribution in [0.1, 0.15) is 41.4 Å². The van der Waals surface area contributed by atoms with Gasteiger partial charge in [-0.1, -0.05) is 54.1 Å². The third-order valence-electron chi connectivity index (χ3n) is 6.10. The molecule has 0 unspecified atom stereocenters. The van der Waals surface area contributed by atoms with Gasteiger partial charge in [-0.3, -0.25) is 9.59 Å². The number of ether oxygens (including phenoxy) is 1. The first-order chi connectivity index (χ1) is 17.0. The number of imidazole rings is 1. The maximum absolute atomic E-state index is 12.5. The van der Waals surface area contributed by atoms with Crippen molar-refractivity contribution in [3.8, 4) is 22.4 Å². The molecule has 1 N–H and O–H groups in total. The van der Waals surface area contributed by atoms with Gasteiger partial charge in [0.25, 0.3) is 0 Å². The van der Waals surface area contributed by atoms with Gasteiger partial charge in [0.2, 0.25) is 5.91 Å². The van der Waals surface area contributed by atoms with Crippen molar-refractivity contribution in [1.82, 2.24) is 14.7 Å². The first-order valence-corrected chi connectivity index (χ1v) is 11.9. The zero-order valence-corrected chi connectivity index (χ0v) is 20.5. The lowest BCUT2D eigenvalue weighted by atomic mass is 10.0. The minimum Gasteiger partial charge on any atom is -0.385 e. The van der Waals surface area contributed by atoms with Gasteiger partial charge in [-0.05, 0) is 49.9 Å². The summed E-state index contributed by atoms with van der Waals surface area (Å²) in [6.07, 6.45) is 3.79. The highest BCUT2D eigenvalue weighted by atomic mass is 16.5. The van der Waals surface area contributed by atoms with Gasteiger partial charge in [0.15, 0.2) is 5.78 Å². The minimum atomic E-state index is 0.0156. The van der Waals surface area contributed by atoms with Gasteiger partial charge in [-0.25, -0.2) is 4.98 Å². The first kappa shape index (κ1) is 24.4. The van der Waals surface area contributed by atoms with Crippen LogP contribution in [-0.2, 0) is 16.0 Å². The molecule has 0 atom stereocenters. The fraction of sp³-hybridized carbons (Fsp3) is 0.276. The Bertz CT molecular complexity index is 1320. The van der Waals surface area contributed by atoms with E-state index in [-0.39, 0.29) is 11.7 Å². The van der Waals surface area contributed by atoms with E-state index in [0.29, 0.717) is 31.6 Å². The summed E-state index contributed by atoms with van der Waals surface area (Å²) in [5, 5.41) is 2.97. The summed E-state index contributed by atoms with van der Waals surface area (Å²) in [6, 6.07) is 20.0. The lowest BCUT2D eigenvalue weighted by Crippen LogP contribution is -2.25. The highest BCUT2D eigenvalue weighted by molar-refractivity contribution is 5.94. The van der Waals surface area contributed by atoms with E-state index in [4.69, 9.17) is 9.72 Å². The molecule has 0 bridgehead atoms. The standard InChI is InChI=1S/C29H31N3O3/c1-20-5-7-24(8-6-20)29-26(14-16-28(34)30-17-4-18-35-3)32-19-25(13-15-27(32)31-29)23-11-9-22(10-12-23)21(2)33/h5-13,15,19H,4,14,16-18H2,1-3H3,(H,30,34). The molecule has 2 aromatic heterocycles. The first-order valence-electron chi connectivity index (χ1n) is 11.9. The molecule has 0 saturated carbocycles. The Morgan fingerprint density at radius 2 is 1.63 bits per heavy atom. The van der Waals surface area contributed by atoms with Gasteiger partial charge >= 0.3 is 0 Å². The Kier molecular flexibility index (Phi) is 7.73. The predicted octanol–water partition coefficient (Wildman–Crippen LogP) is 5.26. The van der Waals surface area contributed by atoms with E-state index in [2.05, 4.69) is 47.1 Å². The second-order valence-electron chi connectivity index (χ2n) is 8.75. The number of rotatable bonds is 10. The van der Waals surface area contributed by atoms with Crippen LogP contribution in [0.5, 0.6) is 0 Å². The highest BCUT2D eigenvalue weighted by Gasteiger charge is 2.16. The lowest BCUT2D eigenvalue weighted by Gasteiger charge is -2.09. The number of ketones is 1. The molecule has 1 amide bonds. The molecule has 35 heavy (non-hydrogen) atoms. The number of Topliss-reactive ketones (excluding diaryl/α,β-unsaturated/α-hetero) is 1. The normalized spacial score (nSPS) is 11.1. The molecule has 0 aliphatic carbocycles. The van der Waals surface area contributed by atoms with Crippen LogP contribution in [0.15, 0.2) is 66.9 Å². The van der Waals surface area contributed by atoms with Crippen LogP contribution in [0.2, 0.25) is 0 Å². The van der Waals surface area contributed by atoms with Crippen LogP contribution in [0, 0.1) is 6.92 Å². The van der Waals surface area contributed by atoms with Crippen molar-refractivity contribution < 1.29 is 14.3 Å². The zero-order chi connectivity index (χ0) is 24.8. The van der Waals surface area contributed by atoms with E-state index in [1.807, 2.05) is 36.4 Å². The summed E-state index contributed by atoms with van der Waals surface area (Å²) in [7, 11) is 1.66. The summed E-state index contributed by atoms with van der Waals surface area (Å²) in [4.78, 5) is 29.1. The van der Waals surface area contributed by atoms with E-state index in [1.54, 1.807) is 14.0 Å². The quantitative estimate of drug-likeness (QED) is 0.254. The predicted molar refractivity (Wildman–Crippen MR) is 139 cm³/mol. The molecule has 2 heterocycles. The number of benzene rings is 2. The van der Waals surface area contributed by atoms with Crippen LogP contribution >= 0.6 is 0 Å². The number of carbonyl (C=O) groups is 2. The van der Waals surface area contributed by atoms with E-state index in [9.17, 15) is 9.59 Å². The fourth-order valence-electron chi connectivity index (χ4n) is 4.11. The van der Waals surface area contributed by atoms with Gasteiger partial charge < -0.3 is 14.5 Å². The van der Waals surface area contributed by atoms with Crippen LogP contribution in [0.25, 0.3) is 28.0 Å². The van der Waals surface area contributed by atoms with Crippen LogP contribution < -0.4 is 5.32 Å². The third kappa shape index (κ3) is 5.84. The molecular formula is C29H31N3O3. The molecule has 0 aliphatic rings. The number of nitrogens with zero attached hydrogens (tertiary/aromatic N) is 2. The summed E-state index contributed by atoms with van der Waals surface area (Å²) in [5.41, 5.74) is 7.67. The monoisotopic (exact) mass is 469 g/mol. The Hall–Kier alpha value is -3.77. The van der Waals surface area contributed by atoms with Crippen LogP contribution in [0.4, 0.5) is 0 Å². The number of hydrogen-bond acceptors (Lipinski definition) is 4. The van der Waals surface area contributed by atoms with E-state index in [0.717, 1.165) is 40.1 Å². The van der Waals surface area contributed by atoms with Crippen molar-refractivity contribution in [2.45, 2.75) is 33.1 Å². The minimum absolute atomic E-state index is 0.0156. The summed E-state index contributed by atoms with van der Waals surface area (Å²) in [5.74, 6) is 0.0639. The van der Waals surface area contributed by atoms with Crippen molar-refractivity contribution in [2.75, 3.05) is 20.3 Å². The number of aryl methyl sites for hydroxylation is 2. The fourth-order valence-corrected chi connectivity index (χ4v) is 4.11.